The van der Waals surface area contributed by atoms with E-state index in [1.165, 1.54) is 0 Å². The second-order valence-electron chi connectivity index (χ2n) is 5.45. The first-order valence-electron chi connectivity index (χ1n) is 8.11. The van der Waals surface area contributed by atoms with Crippen LogP contribution in [0.3, 0.4) is 0 Å². The van der Waals surface area contributed by atoms with Gasteiger partial charge in [0.05, 0.1) is 6.42 Å². The molecule has 1 unspecified atom stereocenters. The van der Waals surface area contributed by atoms with Crippen LogP contribution in [0.1, 0.15) is 25.3 Å². The molecule has 0 aliphatic heterocycles. The van der Waals surface area contributed by atoms with Crippen LogP contribution in [0.2, 0.25) is 0 Å². The van der Waals surface area contributed by atoms with Gasteiger partial charge in [-0.15, -0.1) is 0 Å². The van der Waals surface area contributed by atoms with E-state index in [0.717, 1.165) is 6.42 Å². The zero-order chi connectivity index (χ0) is 17.8. The quantitative estimate of drug-likeness (QED) is 0.415. The third-order valence-corrected chi connectivity index (χ3v) is 3.23. The van der Waals surface area contributed by atoms with Crippen LogP contribution >= 0.6 is 0 Å². The van der Waals surface area contributed by atoms with Crippen LogP contribution in [0.4, 0.5) is 0 Å². The van der Waals surface area contributed by atoms with Crippen molar-refractivity contribution in [3.8, 4) is 5.75 Å². The van der Waals surface area contributed by atoms with E-state index in [1.807, 2.05) is 6.92 Å². The molecule has 134 valence electrons. The summed E-state index contributed by atoms with van der Waals surface area (Å²) < 4.78 is 5.50. The molecule has 1 rings (SSSR count). The average Bonchev–Trinajstić information content (AvgIpc) is 2.53. The molecule has 0 fully saturated rings. The van der Waals surface area contributed by atoms with E-state index in [-0.39, 0.29) is 18.9 Å². The number of hydrogen-bond acceptors (Lipinski definition) is 5. The van der Waals surface area contributed by atoms with Gasteiger partial charge in [0.2, 0.25) is 5.91 Å². The zero-order valence-electron chi connectivity index (χ0n) is 14.0. The van der Waals surface area contributed by atoms with Crippen molar-refractivity contribution in [3.05, 3.63) is 29.8 Å². The van der Waals surface area contributed by atoms with Crippen LogP contribution < -0.4 is 15.4 Å². The lowest BCUT2D eigenvalue weighted by molar-refractivity contribution is -0.136. The molecule has 4 N–H and O–H groups in total. The van der Waals surface area contributed by atoms with E-state index in [9.17, 15) is 14.7 Å². The summed E-state index contributed by atoms with van der Waals surface area (Å²) in [7, 11) is 0. The van der Waals surface area contributed by atoms with E-state index >= 15 is 0 Å². The first kappa shape index (κ1) is 19.9. The number of ether oxygens (including phenoxy) is 1. The Balaban J connectivity index is 2.23. The Hall–Kier alpha value is -2.12. The fourth-order valence-corrected chi connectivity index (χ4v) is 2.07. The minimum absolute atomic E-state index is 0.0261. The highest BCUT2D eigenvalue weighted by atomic mass is 16.5. The van der Waals surface area contributed by atoms with Gasteiger partial charge < -0.3 is 25.6 Å². The molecule has 7 heteroatoms. The first-order valence-corrected chi connectivity index (χ1v) is 8.11. The molecule has 0 spiro atoms. The van der Waals surface area contributed by atoms with Crippen LogP contribution in [0.25, 0.3) is 0 Å². The van der Waals surface area contributed by atoms with E-state index in [0.29, 0.717) is 37.4 Å². The molecule has 1 atom stereocenters. The van der Waals surface area contributed by atoms with E-state index < -0.39 is 12.1 Å². The second-order valence-corrected chi connectivity index (χ2v) is 5.45. The van der Waals surface area contributed by atoms with Crippen LogP contribution in [-0.4, -0.2) is 54.4 Å². The maximum absolute atomic E-state index is 11.3. The van der Waals surface area contributed by atoms with Crippen molar-refractivity contribution in [1.29, 1.82) is 0 Å². The number of carboxylic acid groups (broad SMARTS) is 1. The Bertz CT molecular complexity index is 521. The Kier molecular flexibility index (Phi) is 9.48. The van der Waals surface area contributed by atoms with Crippen LogP contribution in [-0.2, 0) is 16.0 Å². The van der Waals surface area contributed by atoms with Crippen molar-refractivity contribution in [2.75, 3.05) is 26.2 Å². The van der Waals surface area contributed by atoms with E-state index in [4.69, 9.17) is 9.84 Å². The minimum Gasteiger partial charge on any atom is -0.491 e. The monoisotopic (exact) mass is 338 g/mol. The number of carbonyl (C=O) groups excluding carboxylic acids is 1. The van der Waals surface area contributed by atoms with Crippen molar-refractivity contribution >= 4 is 11.9 Å². The molecule has 0 saturated carbocycles. The van der Waals surface area contributed by atoms with Crippen molar-refractivity contribution in [1.82, 2.24) is 10.6 Å². The molecule has 1 aromatic carbocycles. The lowest BCUT2D eigenvalue weighted by atomic mass is 10.1. The fourth-order valence-electron chi connectivity index (χ4n) is 2.07. The number of para-hydroxylation sites is 1. The second kappa shape index (κ2) is 11.4. The summed E-state index contributed by atoms with van der Waals surface area (Å²) in [5.41, 5.74) is 0.573. The van der Waals surface area contributed by atoms with Crippen molar-refractivity contribution in [2.45, 2.75) is 32.3 Å². The van der Waals surface area contributed by atoms with Crippen molar-refractivity contribution in [3.63, 3.8) is 0 Å². The number of amides is 1. The SMILES string of the molecule is CCCC(=O)NCCNCC(O)COc1ccccc1CC(=O)O. The third-order valence-electron chi connectivity index (χ3n) is 3.23. The number of aliphatic hydroxyl groups is 1. The molecule has 0 aliphatic carbocycles. The topological polar surface area (TPSA) is 108 Å². The average molecular weight is 338 g/mol. The lowest BCUT2D eigenvalue weighted by Gasteiger charge is -2.15. The van der Waals surface area contributed by atoms with Gasteiger partial charge in [-0.2, -0.15) is 0 Å². The van der Waals surface area contributed by atoms with Gasteiger partial charge in [0.1, 0.15) is 18.5 Å². The molecular formula is C17H26N2O5. The Morgan fingerprint density at radius 1 is 1.25 bits per heavy atom. The van der Waals surface area contributed by atoms with Gasteiger partial charge in [-0.3, -0.25) is 9.59 Å². The molecule has 1 aromatic rings. The Morgan fingerprint density at radius 2 is 2.00 bits per heavy atom. The summed E-state index contributed by atoms with van der Waals surface area (Å²) >= 11 is 0. The van der Waals surface area contributed by atoms with Crippen LogP contribution in [0, 0.1) is 0 Å². The number of rotatable bonds is 12. The molecule has 24 heavy (non-hydrogen) atoms. The summed E-state index contributed by atoms with van der Waals surface area (Å²) in [5.74, 6) is -0.442. The molecular weight excluding hydrogens is 312 g/mol. The summed E-state index contributed by atoms with van der Waals surface area (Å²) in [6.07, 6.45) is 0.488. The summed E-state index contributed by atoms with van der Waals surface area (Å²) in [5, 5.41) is 24.5. The van der Waals surface area contributed by atoms with Crippen molar-refractivity contribution in [2.24, 2.45) is 0 Å². The number of nitrogens with one attached hydrogen (secondary N) is 2. The Labute approximate surface area is 142 Å². The highest BCUT2D eigenvalue weighted by molar-refractivity contribution is 5.75. The Morgan fingerprint density at radius 3 is 2.71 bits per heavy atom. The van der Waals surface area contributed by atoms with Crippen LogP contribution in [0.5, 0.6) is 5.75 Å². The standard InChI is InChI=1S/C17H26N2O5/c1-2-5-16(21)19-9-8-18-11-14(20)12-24-15-7-4-3-6-13(15)10-17(22)23/h3-4,6-7,14,18,20H,2,5,8-12H2,1H3,(H,19,21)(H,22,23). The summed E-state index contributed by atoms with van der Waals surface area (Å²) in [6.45, 7) is 3.40. The predicted octanol–water partition coefficient (Wildman–Crippen LogP) is 0.559. The molecule has 0 saturated heterocycles. The normalized spacial score (nSPS) is 11.8. The molecule has 7 nitrogen and oxygen atoms in total. The lowest BCUT2D eigenvalue weighted by Crippen LogP contribution is -2.37. The number of aliphatic carboxylic acids is 1. The predicted molar refractivity (Wildman–Crippen MR) is 90.1 cm³/mol. The largest absolute Gasteiger partial charge is 0.491 e. The van der Waals surface area contributed by atoms with Gasteiger partial charge in [0, 0.05) is 31.6 Å². The smallest absolute Gasteiger partial charge is 0.307 e. The number of carboxylic acids is 1. The van der Waals surface area contributed by atoms with Crippen LogP contribution in [0.15, 0.2) is 24.3 Å². The molecule has 0 aromatic heterocycles. The maximum atomic E-state index is 11.3. The van der Waals surface area contributed by atoms with Gasteiger partial charge in [0.25, 0.3) is 0 Å². The van der Waals surface area contributed by atoms with E-state index in [1.54, 1.807) is 24.3 Å². The van der Waals surface area contributed by atoms with Gasteiger partial charge in [0.15, 0.2) is 0 Å². The highest BCUT2D eigenvalue weighted by Crippen LogP contribution is 2.18. The van der Waals surface area contributed by atoms with Gasteiger partial charge in [-0.25, -0.2) is 0 Å². The third kappa shape index (κ3) is 8.50. The highest BCUT2D eigenvalue weighted by Gasteiger charge is 2.10. The van der Waals surface area contributed by atoms with Gasteiger partial charge in [-0.1, -0.05) is 25.1 Å². The van der Waals surface area contributed by atoms with E-state index in [2.05, 4.69) is 10.6 Å². The van der Waals surface area contributed by atoms with Gasteiger partial charge >= 0.3 is 5.97 Å². The fraction of sp³-hybridized carbons (Fsp3) is 0.529. The molecule has 0 radical (unpaired) electrons. The molecule has 1 amide bonds. The van der Waals surface area contributed by atoms with Gasteiger partial charge in [-0.05, 0) is 12.5 Å². The maximum Gasteiger partial charge on any atom is 0.307 e. The summed E-state index contributed by atoms with van der Waals surface area (Å²) in [4.78, 5) is 22.1. The number of benzene rings is 1. The first-order chi connectivity index (χ1) is 11.5. The zero-order valence-corrected chi connectivity index (χ0v) is 14.0. The summed E-state index contributed by atoms with van der Waals surface area (Å²) in [6, 6.07) is 6.87. The number of hydrogen-bond donors (Lipinski definition) is 4. The number of aliphatic hydroxyl groups excluding tert-OH is 1. The van der Waals surface area contributed by atoms with Crippen molar-refractivity contribution < 1.29 is 24.5 Å². The molecule has 0 aliphatic rings. The number of carbonyl (C=O) groups is 2. The molecule has 0 heterocycles. The minimum atomic E-state index is -0.932. The molecule has 0 bridgehead atoms.